The van der Waals surface area contributed by atoms with Gasteiger partial charge in [0.2, 0.25) is 0 Å². The van der Waals surface area contributed by atoms with Crippen molar-refractivity contribution in [3.63, 3.8) is 0 Å². The lowest BCUT2D eigenvalue weighted by Crippen LogP contribution is -2.38. The van der Waals surface area contributed by atoms with Crippen LogP contribution in [0.2, 0.25) is 0 Å². The Morgan fingerprint density at radius 1 is 1.26 bits per heavy atom. The minimum Gasteiger partial charge on any atom is -0.378 e. The molecule has 1 aliphatic heterocycles. The molecular weight excluding hydrogens is 292 g/mol. The topological polar surface area (TPSA) is 54.6 Å². The summed E-state index contributed by atoms with van der Waals surface area (Å²) in [6.45, 7) is 7.13. The van der Waals surface area contributed by atoms with E-state index in [1.54, 1.807) is 0 Å². The zero-order chi connectivity index (χ0) is 16.4. The molecule has 23 heavy (non-hydrogen) atoms. The van der Waals surface area contributed by atoms with Crippen LogP contribution in [-0.2, 0) is 11.3 Å². The Morgan fingerprint density at radius 2 is 2.09 bits per heavy atom. The molecule has 0 aromatic carbocycles. The third-order valence-electron chi connectivity index (χ3n) is 4.02. The number of anilines is 1. The molecule has 2 aromatic heterocycles. The number of hydrogen-bond donors (Lipinski definition) is 0. The number of nitrogens with zero attached hydrogens (tertiary/aromatic N) is 4. The smallest absolute Gasteiger partial charge is 0.133 e. The van der Waals surface area contributed by atoms with Gasteiger partial charge in [-0.15, -0.1) is 0 Å². The van der Waals surface area contributed by atoms with E-state index in [9.17, 15) is 0 Å². The van der Waals surface area contributed by atoms with Crippen LogP contribution in [-0.4, -0.2) is 48.8 Å². The summed E-state index contributed by atoms with van der Waals surface area (Å²) < 4.78 is 11.1. The molecule has 3 rings (SSSR count). The number of morpholine rings is 1. The molecule has 1 fully saturated rings. The first-order valence-electron chi connectivity index (χ1n) is 7.93. The molecule has 1 atom stereocenters. The molecule has 6 nitrogen and oxygen atoms in total. The van der Waals surface area contributed by atoms with Crippen molar-refractivity contribution in [3.05, 3.63) is 41.0 Å². The molecule has 0 bridgehead atoms. The number of hydrogen-bond acceptors (Lipinski definition) is 6. The maximum atomic E-state index is 5.96. The summed E-state index contributed by atoms with van der Waals surface area (Å²) in [4.78, 5) is 9.11. The number of aryl methyl sites for hydroxylation is 2. The third-order valence-corrected chi connectivity index (χ3v) is 4.02. The van der Waals surface area contributed by atoms with Crippen LogP contribution < -0.4 is 4.90 Å². The molecule has 1 unspecified atom stereocenters. The maximum Gasteiger partial charge on any atom is 0.133 e. The normalized spacial score (nSPS) is 19.0. The largest absolute Gasteiger partial charge is 0.378 e. The van der Waals surface area contributed by atoms with E-state index in [1.165, 1.54) is 0 Å². The Balaban J connectivity index is 1.73. The van der Waals surface area contributed by atoms with Gasteiger partial charge in [0, 0.05) is 51.2 Å². The van der Waals surface area contributed by atoms with Crippen LogP contribution in [0.5, 0.6) is 0 Å². The van der Waals surface area contributed by atoms with Crippen molar-refractivity contribution in [2.75, 3.05) is 38.7 Å². The van der Waals surface area contributed by atoms with Crippen molar-refractivity contribution in [2.45, 2.75) is 26.5 Å². The van der Waals surface area contributed by atoms with Crippen LogP contribution in [0, 0.1) is 13.8 Å². The van der Waals surface area contributed by atoms with E-state index in [1.807, 2.05) is 34.0 Å². The highest BCUT2D eigenvalue weighted by atomic mass is 16.5. The molecule has 0 aliphatic carbocycles. The Labute approximate surface area is 137 Å². The van der Waals surface area contributed by atoms with Gasteiger partial charge in [0.1, 0.15) is 11.9 Å². The molecule has 1 saturated heterocycles. The lowest BCUT2D eigenvalue weighted by atomic mass is 10.1. The summed E-state index contributed by atoms with van der Waals surface area (Å²) in [5.41, 5.74) is 4.13. The number of aromatic nitrogens is 2. The van der Waals surface area contributed by atoms with E-state index in [0.717, 1.165) is 48.2 Å². The van der Waals surface area contributed by atoms with Gasteiger partial charge in [0.15, 0.2) is 0 Å². The highest BCUT2D eigenvalue weighted by Crippen LogP contribution is 2.25. The lowest BCUT2D eigenvalue weighted by Gasteiger charge is -2.32. The van der Waals surface area contributed by atoms with Crippen LogP contribution in [0.15, 0.2) is 22.7 Å². The average Bonchev–Trinajstić information content (AvgIpc) is 2.92. The van der Waals surface area contributed by atoms with Gasteiger partial charge >= 0.3 is 0 Å². The van der Waals surface area contributed by atoms with E-state index >= 15 is 0 Å². The van der Waals surface area contributed by atoms with Gasteiger partial charge in [-0.3, -0.25) is 9.88 Å². The van der Waals surface area contributed by atoms with Crippen molar-refractivity contribution < 1.29 is 9.26 Å². The Kier molecular flexibility index (Phi) is 4.63. The Morgan fingerprint density at radius 3 is 2.78 bits per heavy atom. The minimum atomic E-state index is -0.00431. The second kappa shape index (κ2) is 6.68. The van der Waals surface area contributed by atoms with Crippen LogP contribution in [0.4, 0.5) is 5.69 Å². The predicted octanol–water partition coefficient (Wildman–Crippen LogP) is 2.33. The highest BCUT2D eigenvalue weighted by molar-refractivity contribution is 5.47. The van der Waals surface area contributed by atoms with Gasteiger partial charge in [-0.2, -0.15) is 0 Å². The first kappa shape index (κ1) is 16.0. The van der Waals surface area contributed by atoms with Gasteiger partial charge < -0.3 is 14.2 Å². The molecule has 6 heteroatoms. The van der Waals surface area contributed by atoms with Gasteiger partial charge in [0.25, 0.3) is 0 Å². The molecule has 0 saturated carbocycles. The maximum absolute atomic E-state index is 5.96. The summed E-state index contributed by atoms with van der Waals surface area (Å²) in [5.74, 6) is 0.848. The minimum absolute atomic E-state index is 0.00431. The van der Waals surface area contributed by atoms with Gasteiger partial charge in [-0.25, -0.2) is 0 Å². The van der Waals surface area contributed by atoms with Gasteiger partial charge in [-0.05, 0) is 26.0 Å². The van der Waals surface area contributed by atoms with Crippen LogP contribution >= 0.6 is 0 Å². The van der Waals surface area contributed by atoms with Crippen molar-refractivity contribution in [3.8, 4) is 0 Å². The molecule has 124 valence electrons. The molecule has 0 amide bonds. The Hall–Kier alpha value is -1.92. The third kappa shape index (κ3) is 3.89. The molecule has 3 heterocycles. The molecule has 0 radical (unpaired) electrons. The molecular formula is C17H24N4O2. The van der Waals surface area contributed by atoms with Crippen LogP contribution in [0.1, 0.15) is 28.9 Å². The van der Waals surface area contributed by atoms with Crippen LogP contribution in [0.3, 0.4) is 0 Å². The van der Waals surface area contributed by atoms with E-state index in [0.29, 0.717) is 6.61 Å². The molecule has 1 aliphatic rings. The summed E-state index contributed by atoms with van der Waals surface area (Å²) >= 11 is 0. The van der Waals surface area contributed by atoms with Gasteiger partial charge in [0.05, 0.1) is 18.0 Å². The fourth-order valence-electron chi connectivity index (χ4n) is 2.85. The van der Waals surface area contributed by atoms with Crippen molar-refractivity contribution in [2.24, 2.45) is 0 Å². The summed E-state index contributed by atoms with van der Waals surface area (Å²) in [6, 6.07) is 6.18. The number of ether oxygens (including phenoxy) is 1. The zero-order valence-corrected chi connectivity index (χ0v) is 14.2. The van der Waals surface area contributed by atoms with E-state index in [-0.39, 0.29) is 6.10 Å². The van der Waals surface area contributed by atoms with Crippen molar-refractivity contribution in [1.29, 1.82) is 0 Å². The SMILES string of the molecule is Cc1cc(N(C)C)cc(C2CN(Cc3cc(C)on3)CCO2)n1. The van der Waals surface area contributed by atoms with E-state index in [2.05, 4.69) is 32.1 Å². The first-order valence-corrected chi connectivity index (χ1v) is 7.93. The fraction of sp³-hybridized carbons (Fsp3) is 0.529. The molecule has 0 N–H and O–H groups in total. The summed E-state index contributed by atoms with van der Waals surface area (Å²) in [5, 5.41) is 4.08. The molecule has 2 aromatic rings. The molecule has 0 spiro atoms. The second-order valence-corrected chi connectivity index (χ2v) is 6.31. The summed E-state index contributed by atoms with van der Waals surface area (Å²) in [7, 11) is 4.08. The predicted molar refractivity (Wildman–Crippen MR) is 88.5 cm³/mol. The van der Waals surface area contributed by atoms with Crippen LogP contribution in [0.25, 0.3) is 0 Å². The Bertz CT molecular complexity index is 668. The van der Waals surface area contributed by atoms with Crippen molar-refractivity contribution in [1.82, 2.24) is 15.0 Å². The first-order chi connectivity index (χ1) is 11.0. The quantitative estimate of drug-likeness (QED) is 0.863. The average molecular weight is 316 g/mol. The van der Waals surface area contributed by atoms with E-state index in [4.69, 9.17) is 9.26 Å². The highest BCUT2D eigenvalue weighted by Gasteiger charge is 2.24. The standard InChI is InChI=1S/C17H24N4O2/c1-12-7-15(20(3)4)9-16(18-12)17-11-21(5-6-22-17)10-14-8-13(2)23-19-14/h7-9,17H,5-6,10-11H2,1-4H3. The monoisotopic (exact) mass is 316 g/mol. The fourth-order valence-corrected chi connectivity index (χ4v) is 2.85. The van der Waals surface area contributed by atoms with Gasteiger partial charge in [-0.1, -0.05) is 5.16 Å². The number of rotatable bonds is 4. The van der Waals surface area contributed by atoms with Crippen molar-refractivity contribution >= 4 is 5.69 Å². The summed E-state index contributed by atoms with van der Waals surface area (Å²) in [6.07, 6.45) is -0.00431. The zero-order valence-electron chi connectivity index (χ0n) is 14.2. The number of pyridine rings is 1. The second-order valence-electron chi connectivity index (χ2n) is 6.31. The van der Waals surface area contributed by atoms with E-state index < -0.39 is 0 Å². The lowest BCUT2D eigenvalue weighted by molar-refractivity contribution is -0.0355.